The maximum Gasteiger partial charge on any atom is 0.313 e. The molecule has 5 nitrogen and oxygen atoms in total. The van der Waals surface area contributed by atoms with E-state index in [0.29, 0.717) is 18.2 Å². The number of anilines is 1. The van der Waals surface area contributed by atoms with Crippen LogP contribution in [-0.4, -0.2) is 25.5 Å². The van der Waals surface area contributed by atoms with Gasteiger partial charge >= 0.3 is 11.8 Å². The van der Waals surface area contributed by atoms with E-state index in [2.05, 4.69) is 10.6 Å². The van der Waals surface area contributed by atoms with Gasteiger partial charge in [0.15, 0.2) is 0 Å². The molecule has 1 saturated carbocycles. The number of hydrogen-bond donors (Lipinski definition) is 2. The fourth-order valence-corrected chi connectivity index (χ4v) is 1.83. The lowest BCUT2D eigenvalue weighted by molar-refractivity contribution is -0.136. The van der Waals surface area contributed by atoms with Gasteiger partial charge in [0.2, 0.25) is 0 Å². The lowest BCUT2D eigenvalue weighted by atomic mass is 10.1. The molecule has 1 aromatic rings. The third-order valence-corrected chi connectivity index (χ3v) is 3.42. The first-order valence-electron chi connectivity index (χ1n) is 6.82. The van der Waals surface area contributed by atoms with Gasteiger partial charge in [-0.2, -0.15) is 0 Å². The summed E-state index contributed by atoms with van der Waals surface area (Å²) in [6.07, 6.45) is 2.22. The summed E-state index contributed by atoms with van der Waals surface area (Å²) >= 11 is 0. The molecule has 0 heterocycles. The van der Waals surface area contributed by atoms with E-state index in [1.165, 1.54) is 0 Å². The molecule has 1 aromatic carbocycles. The molecule has 1 atom stereocenters. The molecule has 0 aromatic heterocycles. The fraction of sp³-hybridized carbons (Fsp3) is 0.467. The van der Waals surface area contributed by atoms with Crippen LogP contribution in [0.4, 0.5) is 5.69 Å². The smallest absolute Gasteiger partial charge is 0.313 e. The largest absolute Gasteiger partial charge is 0.377 e. The van der Waals surface area contributed by atoms with Crippen molar-refractivity contribution in [3.8, 4) is 0 Å². The summed E-state index contributed by atoms with van der Waals surface area (Å²) in [5.74, 6) is -0.660. The number of carbonyl (C=O) groups excluding carboxylic acids is 2. The topological polar surface area (TPSA) is 67.4 Å². The monoisotopic (exact) mass is 276 g/mol. The Morgan fingerprint density at radius 3 is 2.75 bits per heavy atom. The van der Waals surface area contributed by atoms with E-state index in [4.69, 9.17) is 4.74 Å². The van der Waals surface area contributed by atoms with Crippen molar-refractivity contribution in [2.75, 3.05) is 19.0 Å². The molecule has 108 valence electrons. The van der Waals surface area contributed by atoms with Crippen molar-refractivity contribution < 1.29 is 14.3 Å². The molecule has 0 saturated heterocycles. The third kappa shape index (κ3) is 4.06. The maximum absolute atomic E-state index is 11.7. The molecule has 0 spiro atoms. The minimum atomic E-state index is -0.632. The van der Waals surface area contributed by atoms with Crippen molar-refractivity contribution in [1.82, 2.24) is 5.32 Å². The minimum Gasteiger partial charge on any atom is -0.377 e. The average Bonchev–Trinajstić information content (AvgIpc) is 3.28. The lowest BCUT2D eigenvalue weighted by Gasteiger charge is -2.12. The van der Waals surface area contributed by atoms with E-state index >= 15 is 0 Å². The zero-order valence-electron chi connectivity index (χ0n) is 11.8. The van der Waals surface area contributed by atoms with E-state index in [1.807, 2.05) is 19.1 Å². The molecule has 2 rings (SSSR count). The number of carbonyl (C=O) groups is 2. The minimum absolute atomic E-state index is 0.0597. The highest BCUT2D eigenvalue weighted by Gasteiger charge is 2.23. The van der Waals surface area contributed by atoms with Gasteiger partial charge in [0, 0.05) is 19.3 Å². The Morgan fingerprint density at radius 2 is 2.10 bits per heavy atom. The molecule has 0 aliphatic heterocycles. The zero-order valence-corrected chi connectivity index (χ0v) is 11.8. The van der Waals surface area contributed by atoms with Crippen molar-refractivity contribution in [2.24, 2.45) is 5.92 Å². The van der Waals surface area contributed by atoms with E-state index < -0.39 is 11.8 Å². The Morgan fingerprint density at radius 1 is 1.35 bits per heavy atom. The summed E-state index contributed by atoms with van der Waals surface area (Å²) in [5, 5.41) is 5.24. The summed E-state index contributed by atoms with van der Waals surface area (Å²) in [6, 6.07) is 7.29. The van der Waals surface area contributed by atoms with Crippen LogP contribution in [0.1, 0.15) is 31.4 Å². The molecule has 0 radical (unpaired) electrons. The summed E-state index contributed by atoms with van der Waals surface area (Å²) in [4.78, 5) is 23.3. The van der Waals surface area contributed by atoms with Crippen molar-refractivity contribution in [3.05, 3.63) is 29.8 Å². The van der Waals surface area contributed by atoms with Gasteiger partial charge < -0.3 is 15.4 Å². The summed E-state index contributed by atoms with van der Waals surface area (Å²) < 4.78 is 5.22. The second-order valence-corrected chi connectivity index (χ2v) is 5.11. The first kappa shape index (κ1) is 14.5. The molecule has 5 heteroatoms. The van der Waals surface area contributed by atoms with Crippen LogP contribution in [0.3, 0.4) is 0 Å². The highest BCUT2D eigenvalue weighted by atomic mass is 16.5. The molecule has 0 bridgehead atoms. The molecule has 1 aliphatic carbocycles. The number of amides is 2. The zero-order chi connectivity index (χ0) is 14.5. The summed E-state index contributed by atoms with van der Waals surface area (Å²) in [5.41, 5.74) is 1.54. The predicted molar refractivity (Wildman–Crippen MR) is 76.2 cm³/mol. The van der Waals surface area contributed by atoms with Crippen molar-refractivity contribution in [3.63, 3.8) is 0 Å². The highest BCUT2D eigenvalue weighted by molar-refractivity contribution is 6.39. The van der Waals surface area contributed by atoms with E-state index in [9.17, 15) is 9.59 Å². The lowest BCUT2D eigenvalue weighted by Crippen LogP contribution is -2.36. The number of benzene rings is 1. The first-order valence-corrected chi connectivity index (χ1v) is 6.82. The quantitative estimate of drug-likeness (QED) is 0.807. The van der Waals surface area contributed by atoms with Gasteiger partial charge in [0.05, 0.1) is 6.10 Å². The van der Waals surface area contributed by atoms with Crippen LogP contribution < -0.4 is 10.6 Å². The van der Waals surface area contributed by atoms with Crippen LogP contribution in [-0.2, 0) is 14.3 Å². The predicted octanol–water partition coefficient (Wildman–Crippen LogP) is 1.86. The second-order valence-electron chi connectivity index (χ2n) is 5.11. The van der Waals surface area contributed by atoms with Gasteiger partial charge in [-0.05, 0) is 43.4 Å². The van der Waals surface area contributed by atoms with Gasteiger partial charge in [-0.1, -0.05) is 12.1 Å². The SMILES string of the molecule is COC(C)c1cccc(NC(=O)C(=O)NCC2CC2)c1. The fourth-order valence-electron chi connectivity index (χ4n) is 1.83. The molecule has 20 heavy (non-hydrogen) atoms. The van der Waals surface area contributed by atoms with Crippen LogP contribution in [0.2, 0.25) is 0 Å². The van der Waals surface area contributed by atoms with Gasteiger partial charge in [-0.3, -0.25) is 9.59 Å². The molecule has 1 aliphatic rings. The highest BCUT2D eigenvalue weighted by Crippen LogP contribution is 2.27. The number of methoxy groups -OCH3 is 1. The van der Waals surface area contributed by atoms with Crippen molar-refractivity contribution in [2.45, 2.75) is 25.9 Å². The Bertz CT molecular complexity index is 498. The van der Waals surface area contributed by atoms with Crippen molar-refractivity contribution in [1.29, 1.82) is 0 Å². The van der Waals surface area contributed by atoms with Gasteiger partial charge in [-0.15, -0.1) is 0 Å². The van der Waals surface area contributed by atoms with Crippen molar-refractivity contribution >= 4 is 17.5 Å². The van der Waals surface area contributed by atoms with Crippen LogP contribution in [0.5, 0.6) is 0 Å². The molecule has 2 amide bonds. The van der Waals surface area contributed by atoms with Crippen LogP contribution in [0.15, 0.2) is 24.3 Å². The number of hydrogen-bond acceptors (Lipinski definition) is 3. The molecule has 1 fully saturated rings. The Kier molecular flexibility index (Phi) is 4.74. The number of nitrogens with one attached hydrogen (secondary N) is 2. The second kappa shape index (κ2) is 6.52. The number of ether oxygens (including phenoxy) is 1. The number of rotatable bonds is 5. The summed E-state index contributed by atoms with van der Waals surface area (Å²) in [7, 11) is 1.63. The molecule has 2 N–H and O–H groups in total. The van der Waals surface area contributed by atoms with E-state index in [0.717, 1.165) is 18.4 Å². The van der Waals surface area contributed by atoms with Gasteiger partial charge in [0.25, 0.3) is 0 Å². The summed E-state index contributed by atoms with van der Waals surface area (Å²) in [6.45, 7) is 2.51. The Balaban J connectivity index is 1.90. The van der Waals surface area contributed by atoms with E-state index in [1.54, 1.807) is 19.2 Å². The van der Waals surface area contributed by atoms with Crippen LogP contribution in [0.25, 0.3) is 0 Å². The van der Waals surface area contributed by atoms with Crippen LogP contribution in [0, 0.1) is 5.92 Å². The molecule has 1 unspecified atom stereocenters. The maximum atomic E-state index is 11.7. The van der Waals surface area contributed by atoms with Crippen LogP contribution >= 0.6 is 0 Å². The third-order valence-electron chi connectivity index (χ3n) is 3.42. The van der Waals surface area contributed by atoms with E-state index in [-0.39, 0.29) is 6.10 Å². The Hall–Kier alpha value is -1.88. The normalized spacial score (nSPS) is 15.5. The molecular weight excluding hydrogens is 256 g/mol. The molecular formula is C15H20N2O3. The Labute approximate surface area is 118 Å². The van der Waals surface area contributed by atoms with Gasteiger partial charge in [0.1, 0.15) is 0 Å². The van der Waals surface area contributed by atoms with Gasteiger partial charge in [-0.25, -0.2) is 0 Å². The first-order chi connectivity index (χ1) is 9.60. The standard InChI is InChI=1S/C15H20N2O3/c1-10(20-2)12-4-3-5-13(8-12)17-15(19)14(18)16-9-11-6-7-11/h3-5,8,10-11H,6-7,9H2,1-2H3,(H,16,18)(H,17,19). The average molecular weight is 276 g/mol.